The molecule has 3 aliphatic rings. The standard InChI is InChI=1S/C33H33N3O6/c1-41-22-12-13-24-28(17-22)35-27(20-9-5-4-6-10-20)18-29(24)42-23-15-25-26(16-23)31(38)36-33(32(39)40)19-21(33)11-7-2-3-8-14-34-30(25)37/h4-7,9-13,15,17-18,21,23,26H,2-3,8,14,16,19H2,1H3,(H,34,37)(H,36,38)(H,39,40)/b11-7+/t21-,23+,26-,33-/m1/s1. The van der Waals surface area contributed by atoms with Crippen molar-refractivity contribution in [2.75, 3.05) is 13.7 Å². The number of pyridine rings is 1. The maximum absolute atomic E-state index is 13.6. The summed E-state index contributed by atoms with van der Waals surface area (Å²) in [5, 5.41) is 16.5. The van der Waals surface area contributed by atoms with Crippen LogP contribution in [0, 0.1) is 11.8 Å². The molecule has 1 saturated carbocycles. The van der Waals surface area contributed by atoms with Crippen molar-refractivity contribution in [2.24, 2.45) is 11.8 Å². The molecule has 2 heterocycles. The number of amides is 2. The minimum absolute atomic E-state index is 0.200. The van der Waals surface area contributed by atoms with Gasteiger partial charge in [0.15, 0.2) is 0 Å². The molecule has 0 radical (unpaired) electrons. The van der Waals surface area contributed by atoms with Gasteiger partial charge in [0.1, 0.15) is 23.1 Å². The second-order valence-corrected chi connectivity index (χ2v) is 11.1. The Morgan fingerprint density at radius 3 is 2.71 bits per heavy atom. The Bertz CT molecular complexity index is 1600. The van der Waals surface area contributed by atoms with Crippen LogP contribution in [0.3, 0.4) is 0 Å². The van der Waals surface area contributed by atoms with Crippen LogP contribution in [-0.2, 0) is 14.4 Å². The van der Waals surface area contributed by atoms with E-state index in [0.717, 1.165) is 30.2 Å². The lowest BCUT2D eigenvalue weighted by Crippen LogP contribution is -2.48. The fraction of sp³-hybridized carbons (Fsp3) is 0.333. The lowest BCUT2D eigenvalue weighted by atomic mass is 9.98. The van der Waals surface area contributed by atoms with Crippen molar-refractivity contribution >= 4 is 28.7 Å². The maximum atomic E-state index is 13.6. The second kappa shape index (κ2) is 11.3. The van der Waals surface area contributed by atoms with Gasteiger partial charge in [-0.2, -0.15) is 0 Å². The number of nitrogens with one attached hydrogen (secondary N) is 2. The van der Waals surface area contributed by atoms with Gasteiger partial charge in [0, 0.05) is 47.5 Å². The van der Waals surface area contributed by atoms with Crippen molar-refractivity contribution in [3.05, 3.63) is 78.4 Å². The summed E-state index contributed by atoms with van der Waals surface area (Å²) in [7, 11) is 1.60. The summed E-state index contributed by atoms with van der Waals surface area (Å²) in [6.07, 6.45) is 7.93. The number of fused-ring (bicyclic) bond motifs is 3. The third kappa shape index (κ3) is 5.34. The number of carbonyl (C=O) groups excluding carboxylic acids is 2. The molecular formula is C33H33N3O6. The van der Waals surface area contributed by atoms with Crippen molar-refractivity contribution in [1.29, 1.82) is 0 Å². The summed E-state index contributed by atoms with van der Waals surface area (Å²) in [5.41, 5.74) is 1.26. The Hall–Kier alpha value is -4.66. The summed E-state index contributed by atoms with van der Waals surface area (Å²) >= 11 is 0. The highest BCUT2D eigenvalue weighted by molar-refractivity contribution is 6.02. The second-order valence-electron chi connectivity index (χ2n) is 11.1. The Balaban J connectivity index is 1.33. The lowest BCUT2D eigenvalue weighted by molar-refractivity contribution is -0.144. The third-order valence-electron chi connectivity index (χ3n) is 8.31. The van der Waals surface area contributed by atoms with E-state index in [1.54, 1.807) is 13.2 Å². The molecule has 2 aromatic carbocycles. The Labute approximate surface area is 243 Å². The molecule has 0 unspecified atom stereocenters. The number of carboxylic acids is 1. The first-order valence-electron chi connectivity index (χ1n) is 14.3. The minimum atomic E-state index is -1.34. The number of carboxylic acid groups (broad SMARTS) is 1. The van der Waals surface area contributed by atoms with E-state index >= 15 is 0 Å². The van der Waals surface area contributed by atoms with E-state index in [1.165, 1.54) is 0 Å². The average molecular weight is 568 g/mol. The highest BCUT2D eigenvalue weighted by Crippen LogP contribution is 2.46. The van der Waals surface area contributed by atoms with Gasteiger partial charge in [-0.1, -0.05) is 42.5 Å². The van der Waals surface area contributed by atoms with Gasteiger partial charge in [-0.3, -0.25) is 9.59 Å². The molecule has 1 fully saturated rings. The molecular weight excluding hydrogens is 534 g/mol. The van der Waals surface area contributed by atoms with Crippen LogP contribution in [0.15, 0.2) is 78.4 Å². The summed E-state index contributed by atoms with van der Waals surface area (Å²) < 4.78 is 11.9. The molecule has 4 atom stereocenters. The molecule has 216 valence electrons. The molecule has 9 heteroatoms. The number of carbonyl (C=O) groups is 3. The van der Waals surface area contributed by atoms with E-state index in [4.69, 9.17) is 14.5 Å². The van der Waals surface area contributed by atoms with E-state index in [0.29, 0.717) is 41.2 Å². The van der Waals surface area contributed by atoms with Crippen molar-refractivity contribution in [3.63, 3.8) is 0 Å². The van der Waals surface area contributed by atoms with Gasteiger partial charge in [0.05, 0.1) is 24.2 Å². The average Bonchev–Trinajstić information content (AvgIpc) is 3.53. The largest absolute Gasteiger partial charge is 0.497 e. The zero-order valence-electron chi connectivity index (χ0n) is 23.3. The monoisotopic (exact) mass is 567 g/mol. The topological polar surface area (TPSA) is 127 Å². The third-order valence-corrected chi connectivity index (χ3v) is 8.31. The molecule has 9 nitrogen and oxygen atoms in total. The molecule has 0 spiro atoms. The van der Waals surface area contributed by atoms with E-state index in [-0.39, 0.29) is 18.2 Å². The predicted octanol–water partition coefficient (Wildman–Crippen LogP) is 4.42. The van der Waals surface area contributed by atoms with Crippen LogP contribution in [0.25, 0.3) is 22.2 Å². The van der Waals surface area contributed by atoms with Gasteiger partial charge in [-0.05, 0) is 43.9 Å². The van der Waals surface area contributed by atoms with E-state index in [1.807, 2.05) is 66.7 Å². The Morgan fingerprint density at radius 2 is 1.93 bits per heavy atom. The molecule has 2 aliphatic carbocycles. The van der Waals surface area contributed by atoms with E-state index in [2.05, 4.69) is 10.6 Å². The highest BCUT2D eigenvalue weighted by Gasteiger charge is 2.61. The molecule has 0 bridgehead atoms. The number of aromatic nitrogens is 1. The zero-order valence-corrected chi connectivity index (χ0v) is 23.3. The van der Waals surface area contributed by atoms with Crippen LogP contribution in [-0.4, -0.2) is 53.2 Å². The number of rotatable bonds is 5. The molecule has 3 aromatic rings. The molecule has 1 aromatic heterocycles. The van der Waals surface area contributed by atoms with Gasteiger partial charge in [0.25, 0.3) is 0 Å². The number of methoxy groups -OCH3 is 1. The maximum Gasteiger partial charge on any atom is 0.330 e. The number of ether oxygens (including phenoxy) is 2. The van der Waals surface area contributed by atoms with E-state index < -0.39 is 29.4 Å². The SMILES string of the molecule is COc1ccc2c(O[C@H]3C=C4C(=O)NCCCC/C=C/[C@@H]5C[C@@]5(C(=O)O)NC(=O)[C@@H]4C3)cc(-c3ccccc3)nc2c1. The molecule has 2 amide bonds. The van der Waals surface area contributed by atoms with Gasteiger partial charge in [-0.25, -0.2) is 9.78 Å². The van der Waals surface area contributed by atoms with Crippen molar-refractivity contribution in [2.45, 2.75) is 43.7 Å². The smallest absolute Gasteiger partial charge is 0.330 e. The highest BCUT2D eigenvalue weighted by atomic mass is 16.5. The first-order valence-corrected chi connectivity index (χ1v) is 14.3. The summed E-state index contributed by atoms with van der Waals surface area (Å²) in [5.74, 6) is -1.78. The number of nitrogens with zero attached hydrogens (tertiary/aromatic N) is 1. The number of hydrogen-bond donors (Lipinski definition) is 3. The van der Waals surface area contributed by atoms with Gasteiger partial charge < -0.3 is 25.2 Å². The zero-order chi connectivity index (χ0) is 29.3. The summed E-state index contributed by atoms with van der Waals surface area (Å²) in [6, 6.07) is 17.1. The quantitative estimate of drug-likeness (QED) is 0.390. The van der Waals surface area contributed by atoms with Crippen LogP contribution in [0.1, 0.15) is 32.1 Å². The van der Waals surface area contributed by atoms with Crippen LogP contribution < -0.4 is 20.1 Å². The van der Waals surface area contributed by atoms with Crippen molar-refractivity contribution in [1.82, 2.24) is 15.6 Å². The lowest BCUT2D eigenvalue weighted by Gasteiger charge is -2.21. The van der Waals surface area contributed by atoms with Crippen LogP contribution in [0.5, 0.6) is 11.5 Å². The molecule has 42 heavy (non-hydrogen) atoms. The molecule has 0 saturated heterocycles. The number of allylic oxidation sites excluding steroid dienone is 1. The summed E-state index contributed by atoms with van der Waals surface area (Å²) in [6.45, 7) is 0.490. The molecule has 1 aliphatic heterocycles. The number of aliphatic carboxylic acids is 1. The predicted molar refractivity (Wildman–Crippen MR) is 157 cm³/mol. The van der Waals surface area contributed by atoms with Crippen LogP contribution in [0.2, 0.25) is 0 Å². The molecule has 6 rings (SSSR count). The number of hydrogen-bond acceptors (Lipinski definition) is 6. The first-order chi connectivity index (χ1) is 20.4. The van der Waals surface area contributed by atoms with Crippen molar-refractivity contribution < 1.29 is 29.0 Å². The first kappa shape index (κ1) is 27.5. The van der Waals surface area contributed by atoms with Crippen LogP contribution >= 0.6 is 0 Å². The fourth-order valence-corrected chi connectivity index (χ4v) is 5.85. The van der Waals surface area contributed by atoms with E-state index in [9.17, 15) is 19.5 Å². The normalized spacial score (nSPS) is 26.5. The van der Waals surface area contributed by atoms with Gasteiger partial charge in [-0.15, -0.1) is 0 Å². The Kier molecular flexibility index (Phi) is 7.41. The summed E-state index contributed by atoms with van der Waals surface area (Å²) in [4.78, 5) is 43.9. The fourth-order valence-electron chi connectivity index (χ4n) is 5.85. The molecule has 3 N–H and O–H groups in total. The minimum Gasteiger partial charge on any atom is -0.497 e. The van der Waals surface area contributed by atoms with Gasteiger partial charge >= 0.3 is 5.97 Å². The van der Waals surface area contributed by atoms with Gasteiger partial charge in [0.2, 0.25) is 11.8 Å². The van der Waals surface area contributed by atoms with Crippen molar-refractivity contribution in [3.8, 4) is 22.8 Å². The number of benzene rings is 2. The van der Waals surface area contributed by atoms with Crippen LogP contribution in [0.4, 0.5) is 0 Å². The Morgan fingerprint density at radius 1 is 1.10 bits per heavy atom.